The molecule has 6 rings (SSSR count). The molecule has 2 aromatic rings. The van der Waals surface area contributed by atoms with Crippen molar-refractivity contribution in [2.75, 3.05) is 38.2 Å². The van der Waals surface area contributed by atoms with E-state index in [1.54, 1.807) is 18.1 Å². The molecule has 3 saturated heterocycles. The van der Waals surface area contributed by atoms with Crippen LogP contribution in [0.25, 0.3) is 0 Å². The van der Waals surface area contributed by atoms with Gasteiger partial charge in [-0.1, -0.05) is 6.07 Å². The molecule has 4 aliphatic heterocycles. The molecule has 1 N–H and O–H groups in total. The molecule has 0 aromatic heterocycles. The third-order valence-corrected chi connectivity index (χ3v) is 8.67. The van der Waals surface area contributed by atoms with Gasteiger partial charge in [0, 0.05) is 49.3 Å². The van der Waals surface area contributed by atoms with E-state index in [9.17, 15) is 19.6 Å². The number of piperidine rings is 2. The molecule has 38 heavy (non-hydrogen) atoms. The lowest BCUT2D eigenvalue weighted by Crippen LogP contribution is -2.60. The first kappa shape index (κ1) is 24.4. The molecule has 4 heterocycles. The number of nitriles is 1. The van der Waals surface area contributed by atoms with Crippen molar-refractivity contribution in [1.82, 2.24) is 15.1 Å². The number of nitrogens with zero attached hydrogens (tertiary/aromatic N) is 4. The molecular weight excluding hydrogens is 482 g/mol. The van der Waals surface area contributed by atoms with Crippen LogP contribution < -0.4 is 15.0 Å². The molecule has 1 spiro atoms. The van der Waals surface area contributed by atoms with E-state index < -0.39 is 6.04 Å². The Hall–Kier alpha value is -3.90. The minimum Gasteiger partial charge on any atom is -0.497 e. The maximum Gasteiger partial charge on any atom is 0.255 e. The van der Waals surface area contributed by atoms with Gasteiger partial charge in [0.2, 0.25) is 11.8 Å². The van der Waals surface area contributed by atoms with E-state index >= 15 is 0 Å². The number of rotatable bonds is 5. The smallest absolute Gasteiger partial charge is 0.255 e. The highest BCUT2D eigenvalue weighted by Gasteiger charge is 2.45. The van der Waals surface area contributed by atoms with Crippen molar-refractivity contribution in [3.63, 3.8) is 0 Å². The summed E-state index contributed by atoms with van der Waals surface area (Å²) in [6, 6.07) is 13.4. The van der Waals surface area contributed by atoms with Gasteiger partial charge in [0.25, 0.3) is 5.91 Å². The van der Waals surface area contributed by atoms with Gasteiger partial charge in [-0.3, -0.25) is 24.6 Å². The quantitative estimate of drug-likeness (QED) is 0.612. The summed E-state index contributed by atoms with van der Waals surface area (Å²) < 4.78 is 5.25. The summed E-state index contributed by atoms with van der Waals surface area (Å²) in [6.07, 6.45) is 2.87. The molecule has 0 radical (unpaired) electrons. The number of anilines is 1. The van der Waals surface area contributed by atoms with E-state index in [0.717, 1.165) is 62.4 Å². The Morgan fingerprint density at radius 3 is 2.61 bits per heavy atom. The summed E-state index contributed by atoms with van der Waals surface area (Å²) in [6.45, 7) is 5.18. The minimum atomic E-state index is -0.587. The predicted molar refractivity (Wildman–Crippen MR) is 139 cm³/mol. The molecule has 4 aliphatic rings. The summed E-state index contributed by atoms with van der Waals surface area (Å²) in [5, 5.41) is 11.9. The largest absolute Gasteiger partial charge is 0.497 e. The molecule has 196 valence electrons. The second-order valence-electron chi connectivity index (χ2n) is 11.0. The first-order valence-electron chi connectivity index (χ1n) is 13.2. The van der Waals surface area contributed by atoms with Crippen molar-refractivity contribution in [3.8, 4) is 11.8 Å². The lowest BCUT2D eigenvalue weighted by atomic mass is 9.71. The van der Waals surface area contributed by atoms with Crippen LogP contribution >= 0.6 is 0 Å². The summed E-state index contributed by atoms with van der Waals surface area (Å²) in [5.74, 6) is -0.0839. The topological polar surface area (TPSA) is 106 Å². The van der Waals surface area contributed by atoms with Gasteiger partial charge in [0.1, 0.15) is 11.8 Å². The molecule has 0 bridgehead atoms. The van der Waals surface area contributed by atoms with E-state index in [-0.39, 0.29) is 24.1 Å². The summed E-state index contributed by atoms with van der Waals surface area (Å²) >= 11 is 0. The second-order valence-corrected chi connectivity index (χ2v) is 11.0. The van der Waals surface area contributed by atoms with E-state index in [2.05, 4.69) is 27.3 Å². The fourth-order valence-corrected chi connectivity index (χ4v) is 6.37. The Bertz CT molecular complexity index is 1350. The predicted octanol–water partition coefficient (Wildman–Crippen LogP) is 2.43. The Morgan fingerprint density at radius 1 is 1.11 bits per heavy atom. The van der Waals surface area contributed by atoms with Gasteiger partial charge < -0.3 is 14.5 Å². The maximum atomic E-state index is 13.0. The van der Waals surface area contributed by atoms with Gasteiger partial charge >= 0.3 is 0 Å². The van der Waals surface area contributed by atoms with Crippen molar-refractivity contribution >= 4 is 23.4 Å². The fourth-order valence-electron chi connectivity index (χ4n) is 6.37. The van der Waals surface area contributed by atoms with E-state index in [1.165, 1.54) is 0 Å². The van der Waals surface area contributed by atoms with E-state index in [1.807, 2.05) is 24.3 Å². The third-order valence-electron chi connectivity index (χ3n) is 8.67. The zero-order valence-electron chi connectivity index (χ0n) is 21.5. The Balaban J connectivity index is 1.05. The number of carbonyl (C=O) groups excluding carboxylic acids is 3. The van der Waals surface area contributed by atoms with Crippen molar-refractivity contribution in [2.45, 2.75) is 44.8 Å². The number of fused-ring (bicyclic) bond motifs is 1. The number of methoxy groups -OCH3 is 1. The second kappa shape index (κ2) is 9.44. The van der Waals surface area contributed by atoms with Gasteiger partial charge in [-0.2, -0.15) is 5.26 Å². The summed E-state index contributed by atoms with van der Waals surface area (Å²) in [5.41, 5.74) is 4.73. The minimum absolute atomic E-state index is 0.134. The number of hydrogen-bond donors (Lipinski definition) is 1. The standard InChI is InChI=1S/C29H31N5O4/c1-38-23-4-2-19(20(13-23)14-30)15-32-10-8-29(9-11-32)17-33(18-29)22-3-5-24-21(12-22)16-34(28(24)37)25-6-7-26(35)31-27(25)36/h2-5,12-13,25H,6-11,15-18H2,1H3,(H,31,35,36). The highest BCUT2D eigenvalue weighted by Crippen LogP contribution is 2.43. The van der Waals surface area contributed by atoms with Crippen LogP contribution in [0.15, 0.2) is 36.4 Å². The molecule has 0 aliphatic carbocycles. The average molecular weight is 514 g/mol. The van der Waals surface area contributed by atoms with E-state index in [4.69, 9.17) is 4.74 Å². The van der Waals surface area contributed by atoms with Gasteiger partial charge in [0.05, 0.1) is 18.7 Å². The summed E-state index contributed by atoms with van der Waals surface area (Å²) in [4.78, 5) is 43.2. The van der Waals surface area contributed by atoms with Crippen molar-refractivity contribution in [1.29, 1.82) is 5.26 Å². The van der Waals surface area contributed by atoms with Crippen molar-refractivity contribution < 1.29 is 19.1 Å². The van der Waals surface area contributed by atoms with Gasteiger partial charge in [-0.05, 0) is 73.8 Å². The first-order valence-corrected chi connectivity index (χ1v) is 13.2. The Labute approximate surface area is 221 Å². The van der Waals surface area contributed by atoms with Gasteiger partial charge in [-0.15, -0.1) is 0 Å². The van der Waals surface area contributed by atoms with Crippen LogP contribution in [-0.4, -0.2) is 66.9 Å². The van der Waals surface area contributed by atoms with Crippen LogP contribution in [0.5, 0.6) is 5.75 Å². The lowest BCUT2D eigenvalue weighted by Gasteiger charge is -2.55. The lowest BCUT2D eigenvalue weighted by molar-refractivity contribution is -0.136. The highest BCUT2D eigenvalue weighted by molar-refractivity contribution is 6.05. The molecular formula is C29H31N5O4. The monoisotopic (exact) mass is 513 g/mol. The molecule has 2 aromatic carbocycles. The number of benzene rings is 2. The van der Waals surface area contributed by atoms with Crippen LogP contribution in [-0.2, 0) is 22.7 Å². The van der Waals surface area contributed by atoms with Crippen LogP contribution in [0, 0.1) is 16.7 Å². The maximum absolute atomic E-state index is 13.0. The zero-order chi connectivity index (χ0) is 26.4. The van der Waals surface area contributed by atoms with Crippen LogP contribution in [0.4, 0.5) is 5.69 Å². The molecule has 9 heteroatoms. The number of amides is 3. The molecule has 0 saturated carbocycles. The Morgan fingerprint density at radius 2 is 1.89 bits per heavy atom. The highest BCUT2D eigenvalue weighted by atomic mass is 16.5. The van der Waals surface area contributed by atoms with Crippen LogP contribution in [0.2, 0.25) is 0 Å². The van der Waals surface area contributed by atoms with Crippen molar-refractivity contribution in [2.24, 2.45) is 5.41 Å². The number of hydrogen-bond acceptors (Lipinski definition) is 7. The Kier molecular flexibility index (Phi) is 6.07. The fraction of sp³-hybridized carbons (Fsp3) is 0.448. The molecule has 1 atom stereocenters. The van der Waals surface area contributed by atoms with E-state index in [0.29, 0.717) is 35.3 Å². The van der Waals surface area contributed by atoms with Gasteiger partial charge in [-0.25, -0.2) is 0 Å². The van der Waals surface area contributed by atoms with Gasteiger partial charge in [0.15, 0.2) is 0 Å². The SMILES string of the molecule is COc1ccc(CN2CCC3(CC2)CN(c2ccc4c(c2)CN(C2CCC(=O)NC2=O)C4=O)C3)c(C#N)c1. The number of nitrogens with one attached hydrogen (secondary N) is 1. The molecule has 1 unspecified atom stereocenters. The third kappa shape index (κ3) is 4.29. The molecule has 9 nitrogen and oxygen atoms in total. The zero-order valence-corrected chi connectivity index (χ0v) is 21.5. The average Bonchev–Trinajstić information content (AvgIpc) is 3.23. The summed E-state index contributed by atoms with van der Waals surface area (Å²) in [7, 11) is 1.61. The molecule has 3 amide bonds. The number of carbonyl (C=O) groups is 3. The first-order chi connectivity index (χ1) is 18.4. The normalized spacial score (nSPS) is 22.6. The number of imide groups is 1. The van der Waals surface area contributed by atoms with Crippen LogP contribution in [0.3, 0.4) is 0 Å². The van der Waals surface area contributed by atoms with Crippen LogP contribution in [0.1, 0.15) is 52.7 Å². The number of likely N-dealkylation sites (tertiary alicyclic amines) is 1. The number of ether oxygens (including phenoxy) is 1. The van der Waals surface area contributed by atoms with Crippen molar-refractivity contribution in [3.05, 3.63) is 58.7 Å². The molecule has 3 fully saturated rings.